The zero-order valence-corrected chi connectivity index (χ0v) is 12.8. The number of imidazole rings is 1. The number of aromatic nitrogens is 2. The fourth-order valence-corrected chi connectivity index (χ4v) is 3.32. The summed E-state index contributed by atoms with van der Waals surface area (Å²) in [5.41, 5.74) is 3.43. The van der Waals surface area contributed by atoms with E-state index in [2.05, 4.69) is 49.1 Å². The van der Waals surface area contributed by atoms with Crippen LogP contribution in [0.4, 0.5) is 5.69 Å². The number of anilines is 1. The minimum absolute atomic E-state index is 0.656. The van der Waals surface area contributed by atoms with Crippen molar-refractivity contribution in [3.8, 4) is 0 Å². The largest absolute Gasteiger partial charge is 0.378 e. The van der Waals surface area contributed by atoms with Gasteiger partial charge in [0.2, 0.25) is 0 Å². The minimum atomic E-state index is 0.656. The molecule has 1 aromatic carbocycles. The van der Waals surface area contributed by atoms with Crippen LogP contribution in [0.1, 0.15) is 0 Å². The van der Waals surface area contributed by atoms with E-state index >= 15 is 0 Å². The maximum Gasteiger partial charge on any atom is 0.106 e. The van der Waals surface area contributed by atoms with E-state index < -0.39 is 0 Å². The van der Waals surface area contributed by atoms with Gasteiger partial charge >= 0.3 is 0 Å². The predicted octanol–water partition coefficient (Wildman–Crippen LogP) is 1.72. The van der Waals surface area contributed by atoms with E-state index in [-0.39, 0.29) is 0 Å². The summed E-state index contributed by atoms with van der Waals surface area (Å²) in [6.45, 7) is 6.24. The standard InChI is InChI=1S/C14H17BrN4O/c15-19-10-16-13-2-1-11(7-14(13)19)17-3-5-18(6-4-17)12-8-20-9-12/h1-2,7,10,12H,3-6,8-9H2. The van der Waals surface area contributed by atoms with Gasteiger partial charge in [-0.2, -0.15) is 0 Å². The van der Waals surface area contributed by atoms with Gasteiger partial charge in [-0.1, -0.05) is 0 Å². The molecule has 0 aliphatic carbocycles. The molecule has 0 radical (unpaired) electrons. The van der Waals surface area contributed by atoms with Crippen LogP contribution in [-0.4, -0.2) is 58.9 Å². The van der Waals surface area contributed by atoms with Crippen LogP contribution in [0.2, 0.25) is 0 Å². The lowest BCUT2D eigenvalue weighted by atomic mass is 10.1. The van der Waals surface area contributed by atoms with E-state index in [4.69, 9.17) is 4.74 Å². The average molecular weight is 337 g/mol. The molecule has 6 heteroatoms. The Balaban J connectivity index is 1.50. The fourth-order valence-electron chi connectivity index (χ4n) is 2.94. The van der Waals surface area contributed by atoms with E-state index in [0.717, 1.165) is 50.4 Å². The Labute approximate surface area is 126 Å². The highest BCUT2D eigenvalue weighted by molar-refractivity contribution is 9.08. The summed E-state index contributed by atoms with van der Waals surface area (Å²) >= 11 is 3.48. The van der Waals surface area contributed by atoms with Gasteiger partial charge in [0.05, 0.1) is 46.4 Å². The molecule has 0 amide bonds. The van der Waals surface area contributed by atoms with Crippen LogP contribution in [0.5, 0.6) is 0 Å². The molecule has 3 heterocycles. The number of nitrogens with zero attached hydrogens (tertiary/aromatic N) is 4. The molecule has 0 spiro atoms. The van der Waals surface area contributed by atoms with Gasteiger partial charge in [-0.05, 0) is 18.2 Å². The van der Waals surface area contributed by atoms with Gasteiger partial charge in [-0.3, -0.25) is 8.49 Å². The van der Waals surface area contributed by atoms with Crippen molar-refractivity contribution in [2.75, 3.05) is 44.3 Å². The smallest absolute Gasteiger partial charge is 0.106 e. The lowest BCUT2D eigenvalue weighted by Crippen LogP contribution is -2.56. The Hall–Kier alpha value is -1.11. The number of fused-ring (bicyclic) bond motifs is 1. The number of halogens is 1. The average Bonchev–Trinajstić information content (AvgIpc) is 2.79. The summed E-state index contributed by atoms with van der Waals surface area (Å²) in [7, 11) is 0. The van der Waals surface area contributed by atoms with Gasteiger partial charge in [-0.25, -0.2) is 4.98 Å². The number of benzene rings is 1. The van der Waals surface area contributed by atoms with Gasteiger partial charge in [0, 0.05) is 31.9 Å². The topological polar surface area (TPSA) is 33.5 Å². The normalized spacial score (nSPS) is 21.4. The Morgan fingerprint density at radius 1 is 1.15 bits per heavy atom. The van der Waals surface area contributed by atoms with E-state index in [0.29, 0.717) is 6.04 Å². The highest BCUT2D eigenvalue weighted by Gasteiger charge is 2.28. The van der Waals surface area contributed by atoms with Crippen LogP contribution >= 0.6 is 16.1 Å². The van der Waals surface area contributed by atoms with Crippen molar-refractivity contribution < 1.29 is 4.74 Å². The van der Waals surface area contributed by atoms with Crippen molar-refractivity contribution in [3.05, 3.63) is 24.5 Å². The summed E-state index contributed by atoms with van der Waals surface area (Å²) in [5.74, 6) is 0. The summed E-state index contributed by atoms with van der Waals surface area (Å²) in [6.07, 6.45) is 1.79. The zero-order valence-electron chi connectivity index (χ0n) is 11.2. The molecule has 0 N–H and O–H groups in total. The van der Waals surface area contributed by atoms with Crippen LogP contribution in [0.3, 0.4) is 0 Å². The third-order valence-corrected chi connectivity index (χ3v) is 4.87. The zero-order chi connectivity index (χ0) is 13.5. The highest BCUT2D eigenvalue weighted by Crippen LogP contribution is 2.24. The molecule has 5 nitrogen and oxygen atoms in total. The SMILES string of the molecule is Brn1cnc2ccc(N3CCN(C4COC4)CC3)cc21. The maximum atomic E-state index is 5.28. The molecule has 0 bridgehead atoms. The van der Waals surface area contributed by atoms with Gasteiger partial charge in [0.15, 0.2) is 0 Å². The molecule has 4 rings (SSSR count). The molecule has 1 aromatic heterocycles. The summed E-state index contributed by atoms with van der Waals surface area (Å²) in [5, 5.41) is 0. The van der Waals surface area contributed by atoms with Crippen LogP contribution in [0.15, 0.2) is 24.5 Å². The second kappa shape index (κ2) is 5.02. The molecule has 106 valence electrons. The van der Waals surface area contributed by atoms with E-state index in [1.807, 2.05) is 3.59 Å². The third kappa shape index (κ3) is 2.12. The van der Waals surface area contributed by atoms with Crippen molar-refractivity contribution in [2.45, 2.75) is 6.04 Å². The maximum absolute atomic E-state index is 5.28. The Kier molecular flexibility index (Phi) is 3.17. The van der Waals surface area contributed by atoms with Crippen LogP contribution in [-0.2, 0) is 4.74 Å². The van der Waals surface area contributed by atoms with Crippen molar-refractivity contribution >= 4 is 32.9 Å². The summed E-state index contributed by atoms with van der Waals surface area (Å²) < 4.78 is 7.18. The first kappa shape index (κ1) is 12.6. The molecule has 2 fully saturated rings. The molecular formula is C14H17BrN4O. The number of piperazine rings is 1. The molecule has 2 aliphatic rings. The van der Waals surface area contributed by atoms with E-state index in [9.17, 15) is 0 Å². The molecule has 0 unspecified atom stereocenters. The summed E-state index contributed by atoms with van der Waals surface area (Å²) in [6, 6.07) is 7.13. The monoisotopic (exact) mass is 336 g/mol. The van der Waals surface area contributed by atoms with Gasteiger partial charge in [0.1, 0.15) is 6.33 Å². The first-order valence-electron chi connectivity index (χ1n) is 7.01. The number of ether oxygens (including phenoxy) is 1. The van der Waals surface area contributed by atoms with E-state index in [1.165, 1.54) is 5.69 Å². The lowest BCUT2D eigenvalue weighted by Gasteiger charge is -2.43. The first-order chi connectivity index (χ1) is 9.81. The molecule has 0 saturated carbocycles. The third-order valence-electron chi connectivity index (χ3n) is 4.30. The second-order valence-electron chi connectivity index (χ2n) is 5.44. The van der Waals surface area contributed by atoms with Crippen LogP contribution < -0.4 is 4.90 Å². The minimum Gasteiger partial charge on any atom is -0.378 e. The molecule has 0 atom stereocenters. The lowest BCUT2D eigenvalue weighted by molar-refractivity contribution is -0.0660. The molecule has 2 saturated heterocycles. The number of hydrogen-bond acceptors (Lipinski definition) is 4. The second-order valence-corrected chi connectivity index (χ2v) is 6.21. The molecule has 2 aliphatic heterocycles. The predicted molar refractivity (Wildman–Crippen MR) is 82.5 cm³/mol. The Morgan fingerprint density at radius 2 is 1.95 bits per heavy atom. The Morgan fingerprint density at radius 3 is 2.65 bits per heavy atom. The van der Waals surface area contributed by atoms with Crippen molar-refractivity contribution in [1.82, 2.24) is 13.5 Å². The van der Waals surface area contributed by atoms with Crippen LogP contribution in [0.25, 0.3) is 11.0 Å². The number of rotatable bonds is 2. The molecule has 2 aromatic rings. The van der Waals surface area contributed by atoms with Gasteiger partial charge in [-0.15, -0.1) is 0 Å². The van der Waals surface area contributed by atoms with Crippen molar-refractivity contribution in [3.63, 3.8) is 0 Å². The first-order valence-corrected chi connectivity index (χ1v) is 7.72. The Bertz CT molecular complexity index is 617. The van der Waals surface area contributed by atoms with Crippen LogP contribution in [0, 0.1) is 0 Å². The summed E-state index contributed by atoms with van der Waals surface area (Å²) in [4.78, 5) is 9.34. The van der Waals surface area contributed by atoms with Crippen molar-refractivity contribution in [2.24, 2.45) is 0 Å². The number of hydrogen-bond donors (Lipinski definition) is 0. The van der Waals surface area contributed by atoms with Crippen molar-refractivity contribution in [1.29, 1.82) is 0 Å². The molecule has 20 heavy (non-hydrogen) atoms. The quantitative estimate of drug-likeness (QED) is 0.836. The molecular weight excluding hydrogens is 320 g/mol. The van der Waals surface area contributed by atoms with E-state index in [1.54, 1.807) is 6.33 Å². The highest BCUT2D eigenvalue weighted by atomic mass is 79.9. The van der Waals surface area contributed by atoms with Gasteiger partial charge < -0.3 is 9.64 Å². The fraction of sp³-hybridized carbons (Fsp3) is 0.500. The van der Waals surface area contributed by atoms with Gasteiger partial charge in [0.25, 0.3) is 0 Å².